The molecule has 0 aliphatic rings. The molecular formula is C19H18FN3OS. The van der Waals surface area contributed by atoms with Crippen LogP contribution in [0.5, 0.6) is 0 Å². The first-order chi connectivity index (χ1) is 12.2. The molecule has 0 spiro atoms. The fraction of sp³-hybridized carbons (Fsp3) is 0.158. The lowest BCUT2D eigenvalue weighted by atomic mass is 10.1. The third kappa shape index (κ3) is 4.28. The van der Waals surface area contributed by atoms with Crippen molar-refractivity contribution in [3.8, 4) is 16.9 Å². The molecule has 128 valence electrons. The number of hydrogen-bond acceptors (Lipinski definition) is 3. The Bertz CT molecular complexity index is 847. The van der Waals surface area contributed by atoms with Gasteiger partial charge in [-0.1, -0.05) is 18.2 Å². The fourth-order valence-corrected chi connectivity index (χ4v) is 2.84. The maximum atomic E-state index is 13.2. The van der Waals surface area contributed by atoms with Crippen LogP contribution in [0, 0.1) is 5.82 Å². The summed E-state index contributed by atoms with van der Waals surface area (Å²) in [6, 6.07) is 15.9. The molecule has 1 aromatic heterocycles. The average molecular weight is 355 g/mol. The number of nitrogens with one attached hydrogen (secondary N) is 1. The molecule has 25 heavy (non-hydrogen) atoms. The quantitative estimate of drug-likeness (QED) is 0.734. The molecule has 4 nitrogen and oxygen atoms in total. The summed E-state index contributed by atoms with van der Waals surface area (Å²) in [5, 5.41) is 7.54. The smallest absolute Gasteiger partial charge is 0.230 e. The summed E-state index contributed by atoms with van der Waals surface area (Å²) in [5.41, 5.74) is 3.34. The highest BCUT2D eigenvalue weighted by atomic mass is 32.2. The van der Waals surface area contributed by atoms with Crippen molar-refractivity contribution < 1.29 is 9.18 Å². The van der Waals surface area contributed by atoms with Crippen molar-refractivity contribution in [3.63, 3.8) is 0 Å². The minimum absolute atomic E-state index is 0.0231. The Morgan fingerprint density at radius 2 is 1.88 bits per heavy atom. The zero-order chi connectivity index (χ0) is 17.6. The summed E-state index contributed by atoms with van der Waals surface area (Å²) in [6.45, 7) is 0.374. The minimum Gasteiger partial charge on any atom is -0.351 e. The Labute approximate surface area is 150 Å². The van der Waals surface area contributed by atoms with Crippen molar-refractivity contribution in [2.45, 2.75) is 6.54 Å². The van der Waals surface area contributed by atoms with Crippen LogP contribution in [0.2, 0.25) is 0 Å². The van der Waals surface area contributed by atoms with Crippen LogP contribution in [0.15, 0.2) is 60.8 Å². The molecule has 3 aromatic rings. The molecule has 0 atom stereocenters. The van der Waals surface area contributed by atoms with Gasteiger partial charge in [0.25, 0.3) is 0 Å². The lowest BCUT2D eigenvalue weighted by Crippen LogP contribution is -2.24. The van der Waals surface area contributed by atoms with Crippen molar-refractivity contribution >= 4 is 17.7 Å². The van der Waals surface area contributed by atoms with Crippen LogP contribution in [-0.4, -0.2) is 27.7 Å². The van der Waals surface area contributed by atoms with E-state index in [0.29, 0.717) is 12.3 Å². The van der Waals surface area contributed by atoms with Crippen LogP contribution in [0.3, 0.4) is 0 Å². The molecule has 0 saturated heterocycles. The van der Waals surface area contributed by atoms with E-state index in [0.717, 1.165) is 22.5 Å². The van der Waals surface area contributed by atoms with Gasteiger partial charge in [-0.2, -0.15) is 16.9 Å². The molecule has 0 radical (unpaired) electrons. The van der Waals surface area contributed by atoms with Gasteiger partial charge in [0.15, 0.2) is 0 Å². The SMILES string of the molecule is CSCC(=O)NCc1cn(-c2ccccc2)nc1-c1ccc(F)cc1. The van der Waals surface area contributed by atoms with E-state index in [2.05, 4.69) is 10.4 Å². The molecule has 0 aliphatic carbocycles. The third-order valence-electron chi connectivity index (χ3n) is 3.68. The van der Waals surface area contributed by atoms with Gasteiger partial charge in [0.1, 0.15) is 5.82 Å². The Morgan fingerprint density at radius 3 is 2.56 bits per heavy atom. The summed E-state index contributed by atoms with van der Waals surface area (Å²) in [5.74, 6) is 0.102. The Kier molecular flexibility index (Phi) is 5.50. The largest absolute Gasteiger partial charge is 0.351 e. The average Bonchev–Trinajstić information content (AvgIpc) is 3.06. The van der Waals surface area contributed by atoms with Crippen molar-refractivity contribution in [1.29, 1.82) is 0 Å². The molecule has 3 rings (SSSR count). The number of carbonyl (C=O) groups excluding carboxylic acids is 1. The van der Waals surface area contributed by atoms with Crippen molar-refractivity contribution in [3.05, 3.63) is 72.2 Å². The molecule has 0 fully saturated rings. The lowest BCUT2D eigenvalue weighted by molar-refractivity contribution is -0.118. The molecule has 1 N–H and O–H groups in total. The van der Waals surface area contributed by atoms with E-state index < -0.39 is 0 Å². The Balaban J connectivity index is 1.94. The monoisotopic (exact) mass is 355 g/mol. The fourth-order valence-electron chi connectivity index (χ4n) is 2.48. The molecule has 6 heteroatoms. The third-order valence-corrected chi connectivity index (χ3v) is 4.23. The van der Waals surface area contributed by atoms with Crippen LogP contribution in [0.4, 0.5) is 4.39 Å². The number of benzene rings is 2. The standard InChI is InChI=1S/C19H18FN3OS/c1-25-13-18(24)21-11-15-12-23(17-5-3-2-4-6-17)22-19(15)14-7-9-16(20)10-8-14/h2-10,12H,11,13H2,1H3,(H,21,24). The first-order valence-corrected chi connectivity index (χ1v) is 9.22. The highest BCUT2D eigenvalue weighted by Crippen LogP contribution is 2.24. The molecule has 0 unspecified atom stereocenters. The maximum absolute atomic E-state index is 13.2. The molecule has 0 bridgehead atoms. The second kappa shape index (κ2) is 7.98. The number of aromatic nitrogens is 2. The number of rotatable bonds is 6. The second-order valence-electron chi connectivity index (χ2n) is 5.50. The van der Waals surface area contributed by atoms with Gasteiger partial charge in [0.05, 0.1) is 17.1 Å². The minimum atomic E-state index is -0.291. The number of para-hydroxylation sites is 1. The van der Waals surface area contributed by atoms with Gasteiger partial charge in [-0.3, -0.25) is 4.79 Å². The van der Waals surface area contributed by atoms with Gasteiger partial charge < -0.3 is 5.32 Å². The molecule has 0 saturated carbocycles. The number of halogens is 1. The second-order valence-corrected chi connectivity index (χ2v) is 6.37. The highest BCUT2D eigenvalue weighted by Gasteiger charge is 2.13. The first-order valence-electron chi connectivity index (χ1n) is 7.83. The van der Waals surface area contributed by atoms with E-state index in [1.54, 1.807) is 16.8 Å². The summed E-state index contributed by atoms with van der Waals surface area (Å²) in [6.07, 6.45) is 3.78. The van der Waals surface area contributed by atoms with Crippen molar-refractivity contribution in [2.24, 2.45) is 0 Å². The first kappa shape index (κ1) is 17.2. The molecule has 1 amide bonds. The maximum Gasteiger partial charge on any atom is 0.230 e. The zero-order valence-corrected chi connectivity index (χ0v) is 14.6. The Morgan fingerprint density at radius 1 is 1.16 bits per heavy atom. The number of thioether (sulfide) groups is 1. The van der Waals surface area contributed by atoms with Gasteiger partial charge in [-0.05, 0) is 42.7 Å². The van der Waals surface area contributed by atoms with E-state index in [4.69, 9.17) is 0 Å². The van der Waals surface area contributed by atoms with E-state index in [1.165, 1.54) is 23.9 Å². The van der Waals surface area contributed by atoms with Crippen molar-refractivity contribution in [1.82, 2.24) is 15.1 Å². The predicted molar refractivity (Wildman–Crippen MR) is 99.2 cm³/mol. The van der Waals surface area contributed by atoms with E-state index in [1.807, 2.05) is 42.8 Å². The van der Waals surface area contributed by atoms with E-state index in [9.17, 15) is 9.18 Å². The lowest BCUT2D eigenvalue weighted by Gasteiger charge is -2.04. The molecule has 2 aromatic carbocycles. The van der Waals surface area contributed by atoms with Crippen molar-refractivity contribution in [2.75, 3.05) is 12.0 Å². The molecule has 1 heterocycles. The predicted octanol–water partition coefficient (Wildman–Crippen LogP) is 3.66. The number of carbonyl (C=O) groups is 1. The van der Waals surface area contributed by atoms with Gasteiger partial charge in [0, 0.05) is 23.9 Å². The highest BCUT2D eigenvalue weighted by molar-refractivity contribution is 7.99. The molecular weight excluding hydrogens is 337 g/mol. The topological polar surface area (TPSA) is 46.9 Å². The number of amides is 1. The van der Waals surface area contributed by atoms with Crippen LogP contribution in [-0.2, 0) is 11.3 Å². The number of nitrogens with zero attached hydrogens (tertiary/aromatic N) is 2. The summed E-state index contributed by atoms with van der Waals surface area (Å²) in [4.78, 5) is 11.8. The van der Waals surface area contributed by atoms with Crippen LogP contribution < -0.4 is 5.32 Å². The van der Waals surface area contributed by atoms with Gasteiger partial charge in [-0.25, -0.2) is 9.07 Å². The van der Waals surface area contributed by atoms with Gasteiger partial charge >= 0.3 is 0 Å². The summed E-state index contributed by atoms with van der Waals surface area (Å²) >= 11 is 1.47. The van der Waals surface area contributed by atoms with Crippen LogP contribution in [0.1, 0.15) is 5.56 Å². The Hall–Kier alpha value is -2.60. The number of hydrogen-bond donors (Lipinski definition) is 1. The van der Waals surface area contributed by atoms with Gasteiger partial charge in [-0.15, -0.1) is 0 Å². The normalized spacial score (nSPS) is 10.6. The summed E-state index contributed by atoms with van der Waals surface area (Å²) in [7, 11) is 0. The van der Waals surface area contributed by atoms with E-state index in [-0.39, 0.29) is 11.7 Å². The zero-order valence-electron chi connectivity index (χ0n) is 13.8. The van der Waals surface area contributed by atoms with Gasteiger partial charge in [0.2, 0.25) is 5.91 Å². The van der Waals surface area contributed by atoms with Crippen LogP contribution >= 0.6 is 11.8 Å². The summed E-state index contributed by atoms with van der Waals surface area (Å²) < 4.78 is 15.0. The van der Waals surface area contributed by atoms with Crippen LogP contribution in [0.25, 0.3) is 16.9 Å². The van der Waals surface area contributed by atoms with E-state index >= 15 is 0 Å². The molecule has 0 aliphatic heterocycles.